The third-order valence-corrected chi connectivity index (χ3v) is 3.55. The second-order valence-electron chi connectivity index (χ2n) is 4.84. The van der Waals surface area contributed by atoms with Crippen molar-refractivity contribution in [3.05, 3.63) is 28.3 Å². The first kappa shape index (κ1) is 13.6. The summed E-state index contributed by atoms with van der Waals surface area (Å²) in [7, 11) is 1.43. The molecule has 2 rings (SSSR count). The van der Waals surface area contributed by atoms with Crippen molar-refractivity contribution in [3.63, 3.8) is 0 Å². The Kier molecular flexibility index (Phi) is 4.21. The molecule has 1 aliphatic carbocycles. The van der Waals surface area contributed by atoms with Gasteiger partial charge in [0.15, 0.2) is 5.75 Å². The van der Waals surface area contributed by atoms with Crippen molar-refractivity contribution in [2.45, 2.75) is 37.8 Å². The Morgan fingerprint density at radius 3 is 2.79 bits per heavy atom. The van der Waals surface area contributed by atoms with Crippen LogP contribution in [0, 0.1) is 10.1 Å². The van der Waals surface area contributed by atoms with E-state index in [9.17, 15) is 10.1 Å². The lowest BCUT2D eigenvalue weighted by atomic mass is 9.91. The highest BCUT2D eigenvalue weighted by Gasteiger charge is 2.22. The van der Waals surface area contributed by atoms with Gasteiger partial charge in [-0.2, -0.15) is 0 Å². The van der Waals surface area contributed by atoms with Crippen LogP contribution in [0.25, 0.3) is 0 Å². The van der Waals surface area contributed by atoms with Crippen LogP contribution < -0.4 is 15.8 Å². The summed E-state index contributed by atoms with van der Waals surface area (Å²) in [6.07, 6.45) is 4.38. The number of nitrogens with zero attached hydrogens (tertiary/aromatic N) is 1. The van der Waals surface area contributed by atoms with E-state index in [4.69, 9.17) is 10.5 Å². The molecular weight excluding hydrogens is 246 g/mol. The van der Waals surface area contributed by atoms with Gasteiger partial charge in [0.1, 0.15) is 0 Å². The highest BCUT2D eigenvalue weighted by molar-refractivity contribution is 5.58. The molecule has 3 N–H and O–H groups in total. The van der Waals surface area contributed by atoms with Crippen LogP contribution in [-0.4, -0.2) is 24.1 Å². The highest BCUT2D eigenvalue weighted by Crippen LogP contribution is 2.31. The Bertz CT molecular complexity index is 464. The zero-order chi connectivity index (χ0) is 13.8. The van der Waals surface area contributed by atoms with Crippen LogP contribution in [0.1, 0.15) is 25.7 Å². The number of methoxy groups -OCH3 is 1. The first-order valence-corrected chi connectivity index (χ1v) is 6.46. The zero-order valence-electron chi connectivity index (χ0n) is 11.0. The molecule has 104 valence electrons. The number of nitrogens with two attached hydrogens (primary N) is 1. The van der Waals surface area contributed by atoms with Crippen LogP contribution >= 0.6 is 0 Å². The molecule has 0 bridgehead atoms. The first-order valence-electron chi connectivity index (χ1n) is 6.46. The van der Waals surface area contributed by atoms with Gasteiger partial charge in [0, 0.05) is 29.9 Å². The summed E-state index contributed by atoms with van der Waals surface area (Å²) < 4.78 is 5.05. The maximum Gasteiger partial charge on any atom is 0.311 e. The Morgan fingerprint density at radius 1 is 1.42 bits per heavy atom. The van der Waals surface area contributed by atoms with Gasteiger partial charge >= 0.3 is 5.69 Å². The molecule has 0 heterocycles. The fraction of sp³-hybridized carbons (Fsp3) is 0.538. The van der Waals surface area contributed by atoms with Crippen molar-refractivity contribution in [1.82, 2.24) is 0 Å². The van der Waals surface area contributed by atoms with Crippen molar-refractivity contribution < 1.29 is 9.66 Å². The number of hydrogen-bond donors (Lipinski definition) is 2. The SMILES string of the molecule is COc1cc(N[C@@H]2CCCC[C@H]2N)ccc1[N+](=O)[O-]. The maximum atomic E-state index is 10.8. The van der Waals surface area contributed by atoms with E-state index in [0.29, 0.717) is 0 Å². The molecule has 2 atom stereocenters. The molecule has 0 radical (unpaired) electrons. The minimum absolute atomic E-state index is 0.0269. The largest absolute Gasteiger partial charge is 0.490 e. The van der Waals surface area contributed by atoms with Crippen molar-refractivity contribution in [3.8, 4) is 5.75 Å². The monoisotopic (exact) mass is 265 g/mol. The average Bonchev–Trinajstić information content (AvgIpc) is 2.41. The Balaban J connectivity index is 2.14. The number of rotatable bonds is 4. The highest BCUT2D eigenvalue weighted by atomic mass is 16.6. The third-order valence-electron chi connectivity index (χ3n) is 3.55. The van der Waals surface area contributed by atoms with Crippen LogP contribution in [0.2, 0.25) is 0 Å². The number of nitrogens with one attached hydrogen (secondary N) is 1. The number of benzene rings is 1. The Hall–Kier alpha value is -1.82. The molecule has 6 heteroatoms. The van der Waals surface area contributed by atoms with Crippen LogP contribution in [0.4, 0.5) is 11.4 Å². The topological polar surface area (TPSA) is 90.4 Å². The Labute approximate surface area is 112 Å². The van der Waals surface area contributed by atoms with Gasteiger partial charge in [-0.3, -0.25) is 10.1 Å². The van der Waals surface area contributed by atoms with E-state index in [1.54, 1.807) is 12.1 Å². The second kappa shape index (κ2) is 5.88. The summed E-state index contributed by atoms with van der Waals surface area (Å²) in [6.45, 7) is 0. The number of nitro groups is 1. The third kappa shape index (κ3) is 3.14. The van der Waals surface area contributed by atoms with Gasteiger partial charge in [-0.25, -0.2) is 0 Å². The zero-order valence-corrected chi connectivity index (χ0v) is 11.0. The molecule has 0 aromatic heterocycles. The van der Waals surface area contributed by atoms with Crippen molar-refractivity contribution in [1.29, 1.82) is 0 Å². The molecule has 0 unspecified atom stereocenters. The fourth-order valence-electron chi connectivity index (χ4n) is 2.47. The molecular formula is C13H19N3O3. The lowest BCUT2D eigenvalue weighted by molar-refractivity contribution is -0.385. The minimum Gasteiger partial charge on any atom is -0.490 e. The van der Waals surface area contributed by atoms with Crippen molar-refractivity contribution >= 4 is 11.4 Å². The van der Waals surface area contributed by atoms with Gasteiger partial charge in [-0.15, -0.1) is 0 Å². The van der Waals surface area contributed by atoms with Crippen molar-refractivity contribution in [2.24, 2.45) is 5.73 Å². The minimum atomic E-state index is -0.449. The quantitative estimate of drug-likeness (QED) is 0.644. The number of anilines is 1. The summed E-state index contributed by atoms with van der Waals surface area (Å²) >= 11 is 0. The molecule has 1 saturated carbocycles. The van der Waals surface area contributed by atoms with Crippen molar-refractivity contribution in [2.75, 3.05) is 12.4 Å². The van der Waals surface area contributed by atoms with Gasteiger partial charge in [0.05, 0.1) is 12.0 Å². The Morgan fingerprint density at radius 2 is 2.16 bits per heavy atom. The number of nitro benzene ring substituents is 1. The fourth-order valence-corrected chi connectivity index (χ4v) is 2.47. The van der Waals surface area contributed by atoms with E-state index >= 15 is 0 Å². The van der Waals surface area contributed by atoms with E-state index in [0.717, 1.165) is 24.9 Å². The summed E-state index contributed by atoms with van der Waals surface area (Å²) in [5.74, 6) is 0.263. The molecule has 6 nitrogen and oxygen atoms in total. The first-order chi connectivity index (χ1) is 9.11. The molecule has 1 aromatic carbocycles. The summed E-state index contributed by atoms with van der Waals surface area (Å²) in [5.41, 5.74) is 6.86. The standard InChI is InChI=1S/C13H19N3O3/c1-19-13-8-9(6-7-12(13)16(17)18)15-11-5-3-2-4-10(11)14/h6-8,10-11,15H,2-5,14H2,1H3/t10-,11-/m1/s1. The molecule has 0 saturated heterocycles. The van der Waals surface area contributed by atoms with E-state index in [1.807, 2.05) is 0 Å². The maximum absolute atomic E-state index is 10.8. The second-order valence-corrected chi connectivity index (χ2v) is 4.84. The summed E-state index contributed by atoms with van der Waals surface area (Å²) in [6, 6.07) is 5.16. The van der Waals surface area contributed by atoms with E-state index in [-0.39, 0.29) is 23.5 Å². The van der Waals surface area contributed by atoms with Gasteiger partial charge in [0.2, 0.25) is 0 Å². The molecule has 0 amide bonds. The van der Waals surface area contributed by atoms with Gasteiger partial charge in [-0.05, 0) is 18.9 Å². The number of hydrogen-bond acceptors (Lipinski definition) is 5. The molecule has 0 spiro atoms. The van der Waals surface area contributed by atoms with Gasteiger partial charge < -0.3 is 15.8 Å². The van der Waals surface area contributed by atoms with Crippen LogP contribution in [0.5, 0.6) is 5.75 Å². The molecule has 1 aromatic rings. The van der Waals surface area contributed by atoms with Crippen LogP contribution in [-0.2, 0) is 0 Å². The normalized spacial score (nSPS) is 22.8. The predicted octanol–water partition coefficient (Wildman–Crippen LogP) is 2.29. The average molecular weight is 265 g/mol. The van der Waals surface area contributed by atoms with E-state index < -0.39 is 4.92 Å². The molecule has 1 aliphatic rings. The summed E-state index contributed by atoms with van der Waals surface area (Å²) in [5, 5.41) is 14.2. The van der Waals surface area contributed by atoms with Gasteiger partial charge in [-0.1, -0.05) is 12.8 Å². The lowest BCUT2D eigenvalue weighted by Gasteiger charge is -2.30. The molecule has 0 aliphatic heterocycles. The smallest absolute Gasteiger partial charge is 0.311 e. The molecule has 1 fully saturated rings. The van der Waals surface area contributed by atoms with Crippen LogP contribution in [0.3, 0.4) is 0 Å². The van der Waals surface area contributed by atoms with Crippen LogP contribution in [0.15, 0.2) is 18.2 Å². The number of ether oxygens (including phenoxy) is 1. The van der Waals surface area contributed by atoms with Gasteiger partial charge in [0.25, 0.3) is 0 Å². The lowest BCUT2D eigenvalue weighted by Crippen LogP contribution is -2.42. The predicted molar refractivity (Wildman–Crippen MR) is 73.5 cm³/mol. The van der Waals surface area contributed by atoms with E-state index in [1.165, 1.54) is 19.6 Å². The summed E-state index contributed by atoms with van der Waals surface area (Å²) in [4.78, 5) is 10.4. The molecule has 19 heavy (non-hydrogen) atoms. The van der Waals surface area contributed by atoms with E-state index in [2.05, 4.69) is 5.32 Å².